The van der Waals surface area contributed by atoms with E-state index in [1.54, 1.807) is 33.8 Å². The minimum absolute atomic E-state index is 0.0905. The van der Waals surface area contributed by atoms with Gasteiger partial charge in [-0.1, -0.05) is 37.7 Å². The number of thioether (sulfide) groups is 1. The molecule has 23 heavy (non-hydrogen) atoms. The Morgan fingerprint density at radius 2 is 2.17 bits per heavy atom. The smallest absolute Gasteiger partial charge is 0.245 e. The monoisotopic (exact) mass is 337 g/mol. The Bertz CT molecular complexity index is 673. The minimum atomic E-state index is -0.536. The maximum Gasteiger partial charge on any atom is 0.245 e. The summed E-state index contributed by atoms with van der Waals surface area (Å²) in [6, 6.07) is 1.58. The Balaban J connectivity index is 2.06. The molecule has 1 aromatic heterocycles. The number of aryl methyl sites for hydroxylation is 1. The third-order valence-corrected chi connectivity index (χ3v) is 4.13. The highest BCUT2D eigenvalue weighted by Crippen LogP contribution is 2.30. The molecule has 0 saturated carbocycles. The molecule has 0 atom stereocenters. The summed E-state index contributed by atoms with van der Waals surface area (Å²) < 4.78 is 4.86. The Kier molecular flexibility index (Phi) is 4.93. The Labute approximate surface area is 138 Å². The number of ketones is 1. The van der Waals surface area contributed by atoms with Crippen LogP contribution in [0, 0.1) is 12.3 Å². The summed E-state index contributed by atoms with van der Waals surface area (Å²) in [5.41, 5.74) is -0.536. The molecule has 2 heterocycles. The van der Waals surface area contributed by atoms with Crippen LogP contribution in [0.1, 0.15) is 26.5 Å². The molecule has 7 nitrogen and oxygen atoms in total. The van der Waals surface area contributed by atoms with Crippen LogP contribution < -0.4 is 5.32 Å². The molecule has 1 aliphatic rings. The van der Waals surface area contributed by atoms with Crippen molar-refractivity contribution in [1.82, 2.24) is 10.1 Å². The summed E-state index contributed by atoms with van der Waals surface area (Å²) in [7, 11) is 0. The van der Waals surface area contributed by atoms with Gasteiger partial charge in [0.15, 0.2) is 11.6 Å². The number of aromatic nitrogens is 1. The van der Waals surface area contributed by atoms with Crippen LogP contribution in [0.25, 0.3) is 0 Å². The second-order valence-corrected chi connectivity index (χ2v) is 7.23. The van der Waals surface area contributed by atoms with Crippen molar-refractivity contribution in [3.05, 3.63) is 22.9 Å². The summed E-state index contributed by atoms with van der Waals surface area (Å²) in [5, 5.41) is 6.72. The van der Waals surface area contributed by atoms with Gasteiger partial charge in [0.05, 0.1) is 10.8 Å². The van der Waals surface area contributed by atoms with E-state index in [4.69, 9.17) is 4.52 Å². The van der Waals surface area contributed by atoms with E-state index in [1.165, 1.54) is 22.7 Å². The average molecular weight is 337 g/mol. The van der Waals surface area contributed by atoms with Gasteiger partial charge in [-0.05, 0) is 6.92 Å². The maximum atomic E-state index is 12.1. The molecule has 0 unspecified atom stereocenters. The number of anilines is 1. The number of hydrogen-bond donors (Lipinski definition) is 1. The van der Waals surface area contributed by atoms with Crippen LogP contribution in [-0.2, 0) is 14.4 Å². The van der Waals surface area contributed by atoms with Gasteiger partial charge in [0.25, 0.3) is 0 Å². The molecule has 124 valence electrons. The van der Waals surface area contributed by atoms with E-state index in [1.807, 2.05) is 0 Å². The average Bonchev–Trinajstić information content (AvgIpc) is 2.98. The quantitative estimate of drug-likeness (QED) is 0.844. The predicted molar refractivity (Wildman–Crippen MR) is 86.6 cm³/mol. The molecule has 1 saturated heterocycles. The van der Waals surface area contributed by atoms with Crippen LogP contribution >= 0.6 is 11.8 Å². The van der Waals surface area contributed by atoms with Gasteiger partial charge in [-0.15, -0.1) is 0 Å². The molecular weight excluding hydrogens is 318 g/mol. The van der Waals surface area contributed by atoms with Crippen LogP contribution in [-0.4, -0.2) is 40.0 Å². The topological polar surface area (TPSA) is 92.5 Å². The predicted octanol–water partition coefficient (Wildman–Crippen LogP) is 1.95. The zero-order valence-corrected chi connectivity index (χ0v) is 14.3. The van der Waals surface area contributed by atoms with Crippen molar-refractivity contribution >= 4 is 35.2 Å². The first-order chi connectivity index (χ1) is 10.7. The number of hydrogen-bond acceptors (Lipinski definition) is 6. The zero-order chi connectivity index (χ0) is 17.2. The maximum absolute atomic E-state index is 12.1. The van der Waals surface area contributed by atoms with Gasteiger partial charge in [0, 0.05) is 17.6 Å². The van der Waals surface area contributed by atoms with Crippen LogP contribution in [0.2, 0.25) is 0 Å². The molecule has 0 radical (unpaired) electrons. The van der Waals surface area contributed by atoms with Gasteiger partial charge >= 0.3 is 0 Å². The molecule has 8 heteroatoms. The number of nitrogens with zero attached hydrogens (tertiary/aromatic N) is 2. The lowest BCUT2D eigenvalue weighted by Gasteiger charge is -2.18. The van der Waals surface area contributed by atoms with Crippen LogP contribution in [0.3, 0.4) is 0 Å². The number of allylic oxidation sites excluding steroid dienone is 1. The van der Waals surface area contributed by atoms with Crippen molar-refractivity contribution < 1.29 is 18.9 Å². The third-order valence-electron chi connectivity index (χ3n) is 3.10. The van der Waals surface area contributed by atoms with E-state index in [-0.39, 0.29) is 24.0 Å². The van der Waals surface area contributed by atoms with Gasteiger partial charge in [-0.25, -0.2) is 0 Å². The first-order valence-corrected chi connectivity index (χ1v) is 8.08. The van der Waals surface area contributed by atoms with Gasteiger partial charge < -0.3 is 9.84 Å². The lowest BCUT2D eigenvalue weighted by molar-refractivity contribution is -0.129. The largest absolute Gasteiger partial charge is 0.360 e. The zero-order valence-electron chi connectivity index (χ0n) is 13.5. The highest BCUT2D eigenvalue weighted by atomic mass is 32.2. The lowest BCUT2D eigenvalue weighted by Crippen LogP contribution is -2.34. The van der Waals surface area contributed by atoms with Crippen molar-refractivity contribution in [3.63, 3.8) is 0 Å². The lowest BCUT2D eigenvalue weighted by atomic mass is 9.91. The van der Waals surface area contributed by atoms with E-state index < -0.39 is 11.3 Å². The molecule has 0 bridgehead atoms. The second kappa shape index (κ2) is 6.57. The summed E-state index contributed by atoms with van der Waals surface area (Å²) >= 11 is 1.26. The van der Waals surface area contributed by atoms with Gasteiger partial charge in [0.1, 0.15) is 12.3 Å². The highest BCUT2D eigenvalue weighted by molar-refractivity contribution is 8.04. The van der Waals surface area contributed by atoms with E-state index in [2.05, 4.69) is 10.5 Å². The first kappa shape index (κ1) is 17.3. The minimum Gasteiger partial charge on any atom is -0.360 e. The molecule has 2 amide bonds. The molecule has 1 aromatic rings. The van der Waals surface area contributed by atoms with Crippen LogP contribution in [0.5, 0.6) is 0 Å². The van der Waals surface area contributed by atoms with Crippen LogP contribution in [0.15, 0.2) is 21.7 Å². The van der Waals surface area contributed by atoms with Crippen LogP contribution in [0.4, 0.5) is 5.82 Å². The number of amides is 2. The van der Waals surface area contributed by atoms with E-state index >= 15 is 0 Å². The summed E-state index contributed by atoms with van der Waals surface area (Å²) in [6.45, 7) is 6.95. The van der Waals surface area contributed by atoms with E-state index in [0.717, 1.165) is 0 Å². The Morgan fingerprint density at radius 3 is 2.74 bits per heavy atom. The van der Waals surface area contributed by atoms with Crippen molar-refractivity contribution in [1.29, 1.82) is 0 Å². The van der Waals surface area contributed by atoms with E-state index in [0.29, 0.717) is 16.6 Å². The fourth-order valence-corrected chi connectivity index (χ4v) is 2.72. The van der Waals surface area contributed by atoms with Gasteiger partial charge in [-0.3, -0.25) is 19.3 Å². The number of rotatable bonds is 4. The van der Waals surface area contributed by atoms with Gasteiger partial charge in [0.2, 0.25) is 11.8 Å². The molecule has 0 aliphatic carbocycles. The standard InChI is InChI=1S/C15H19N3O4S/c1-9-5-11(17-22-9)16-12(20)7-18-13(21)8-23-14(18)6-10(19)15(2,3)4/h5-6H,7-8H2,1-4H3,(H,16,17,20). The Morgan fingerprint density at radius 1 is 1.48 bits per heavy atom. The molecule has 0 aromatic carbocycles. The molecule has 1 N–H and O–H groups in total. The molecular formula is C15H19N3O4S. The Hall–Kier alpha value is -2.09. The highest BCUT2D eigenvalue weighted by Gasteiger charge is 2.30. The molecule has 2 rings (SSSR count). The summed E-state index contributed by atoms with van der Waals surface area (Å²) in [6.07, 6.45) is 1.43. The SMILES string of the molecule is Cc1cc(NC(=O)CN2C(=O)CSC2=CC(=O)C(C)(C)C)no1. The van der Waals surface area contributed by atoms with Gasteiger partial charge in [-0.2, -0.15) is 0 Å². The van der Waals surface area contributed by atoms with E-state index in [9.17, 15) is 14.4 Å². The number of carbonyl (C=O) groups excluding carboxylic acids is 3. The van der Waals surface area contributed by atoms with Crippen molar-refractivity contribution in [2.24, 2.45) is 5.41 Å². The molecule has 1 aliphatic heterocycles. The normalized spacial score (nSPS) is 17.0. The van der Waals surface area contributed by atoms with Crippen molar-refractivity contribution in [2.45, 2.75) is 27.7 Å². The number of nitrogens with one attached hydrogen (secondary N) is 1. The van der Waals surface area contributed by atoms with Crippen molar-refractivity contribution in [3.8, 4) is 0 Å². The fourth-order valence-electron chi connectivity index (χ4n) is 1.78. The first-order valence-electron chi connectivity index (χ1n) is 7.09. The molecule has 0 spiro atoms. The summed E-state index contributed by atoms with van der Waals surface area (Å²) in [5.74, 6) is 0.400. The molecule has 1 fully saturated rings. The number of carbonyl (C=O) groups is 3. The second-order valence-electron chi connectivity index (χ2n) is 6.24. The summed E-state index contributed by atoms with van der Waals surface area (Å²) in [4.78, 5) is 37.4. The fraction of sp³-hybridized carbons (Fsp3) is 0.467. The van der Waals surface area contributed by atoms with Crippen molar-refractivity contribution in [2.75, 3.05) is 17.6 Å². The third kappa shape index (κ3) is 4.44.